The molecule has 7 heteroatoms. The molecule has 1 aliphatic heterocycles. The lowest BCUT2D eigenvalue weighted by atomic mass is 9.98. The molecular weight excluding hydrogens is 304 g/mol. The highest BCUT2D eigenvalue weighted by Crippen LogP contribution is 2.44. The van der Waals surface area contributed by atoms with Crippen molar-refractivity contribution in [2.75, 3.05) is 40.6 Å². The molecule has 1 heterocycles. The summed E-state index contributed by atoms with van der Waals surface area (Å²) >= 11 is 0. The van der Waals surface area contributed by atoms with Gasteiger partial charge in [0.05, 0.1) is 14.2 Å². The average molecular weight is 328 g/mol. The zero-order valence-corrected chi connectivity index (χ0v) is 14.3. The highest BCUT2D eigenvalue weighted by atomic mass is 32.2. The molecule has 1 aromatic rings. The van der Waals surface area contributed by atoms with Gasteiger partial charge in [0.15, 0.2) is 9.84 Å². The fourth-order valence-electron chi connectivity index (χ4n) is 3.21. The molecule has 2 atom stereocenters. The van der Waals surface area contributed by atoms with Crippen LogP contribution in [0.2, 0.25) is 0 Å². The highest BCUT2D eigenvalue weighted by Gasteiger charge is 2.36. The first-order valence-electron chi connectivity index (χ1n) is 7.18. The summed E-state index contributed by atoms with van der Waals surface area (Å²) < 4.78 is 35.4. The van der Waals surface area contributed by atoms with Crippen LogP contribution in [0.1, 0.15) is 18.0 Å². The van der Waals surface area contributed by atoms with Gasteiger partial charge in [-0.2, -0.15) is 0 Å². The van der Waals surface area contributed by atoms with Gasteiger partial charge in [0.25, 0.3) is 0 Å². The zero-order valence-electron chi connectivity index (χ0n) is 13.5. The third-order valence-corrected chi connectivity index (χ3v) is 5.39. The molecule has 0 radical (unpaired) electrons. The summed E-state index contributed by atoms with van der Waals surface area (Å²) in [7, 11) is 1.54. The van der Waals surface area contributed by atoms with Crippen molar-refractivity contribution in [3.63, 3.8) is 0 Å². The van der Waals surface area contributed by atoms with Crippen molar-refractivity contribution in [3.05, 3.63) is 17.7 Å². The molecule has 1 aliphatic rings. The van der Waals surface area contributed by atoms with E-state index in [-0.39, 0.29) is 10.9 Å². The molecule has 124 valence electrons. The Hall–Kier alpha value is -1.31. The van der Waals surface area contributed by atoms with Gasteiger partial charge in [-0.1, -0.05) is 0 Å². The number of hydrogen-bond acceptors (Lipinski definition) is 6. The first kappa shape index (κ1) is 17.1. The van der Waals surface area contributed by atoms with Crippen LogP contribution in [-0.2, 0) is 9.84 Å². The molecule has 1 aromatic carbocycles. The van der Waals surface area contributed by atoms with Crippen LogP contribution in [0, 0.1) is 5.92 Å². The standard InChI is InChI=1S/C15H24N2O4S/c1-17-9-10(8-16)7-11(17)14-12(20-2)5-6-13(21-3)15(14)22(4,18)19/h5-6,10-11H,7-9,16H2,1-4H3. The smallest absolute Gasteiger partial charge is 0.179 e. The lowest BCUT2D eigenvalue weighted by molar-refractivity contribution is 0.295. The second kappa shape index (κ2) is 6.44. The second-order valence-electron chi connectivity index (χ2n) is 5.78. The molecule has 0 aliphatic carbocycles. The number of likely N-dealkylation sites (tertiary alicyclic amines) is 1. The largest absolute Gasteiger partial charge is 0.496 e. The van der Waals surface area contributed by atoms with Crippen molar-refractivity contribution < 1.29 is 17.9 Å². The quantitative estimate of drug-likeness (QED) is 0.870. The van der Waals surface area contributed by atoms with Crippen molar-refractivity contribution in [2.24, 2.45) is 11.7 Å². The number of nitrogens with zero attached hydrogens (tertiary/aromatic N) is 1. The van der Waals surface area contributed by atoms with Crippen LogP contribution in [0.5, 0.6) is 11.5 Å². The number of rotatable bonds is 5. The van der Waals surface area contributed by atoms with Gasteiger partial charge < -0.3 is 15.2 Å². The topological polar surface area (TPSA) is 81.9 Å². The fourth-order valence-corrected chi connectivity index (χ4v) is 4.36. The molecule has 2 unspecified atom stereocenters. The van der Waals surface area contributed by atoms with E-state index in [1.165, 1.54) is 13.4 Å². The maximum atomic E-state index is 12.3. The van der Waals surface area contributed by atoms with Gasteiger partial charge >= 0.3 is 0 Å². The van der Waals surface area contributed by atoms with Crippen molar-refractivity contribution in [1.29, 1.82) is 0 Å². The van der Waals surface area contributed by atoms with Gasteiger partial charge in [-0.15, -0.1) is 0 Å². The minimum atomic E-state index is -3.46. The molecule has 0 aromatic heterocycles. The van der Waals surface area contributed by atoms with Gasteiger partial charge in [0.1, 0.15) is 16.4 Å². The Morgan fingerprint density at radius 1 is 1.27 bits per heavy atom. The van der Waals surface area contributed by atoms with Crippen molar-refractivity contribution in [1.82, 2.24) is 4.90 Å². The third-order valence-electron chi connectivity index (χ3n) is 4.23. The molecule has 22 heavy (non-hydrogen) atoms. The number of methoxy groups -OCH3 is 2. The van der Waals surface area contributed by atoms with Crippen LogP contribution in [0.4, 0.5) is 0 Å². The van der Waals surface area contributed by atoms with E-state index in [0.29, 0.717) is 29.5 Å². The molecular formula is C15H24N2O4S. The summed E-state index contributed by atoms with van der Waals surface area (Å²) in [6, 6.07) is 3.34. The highest BCUT2D eigenvalue weighted by molar-refractivity contribution is 7.90. The van der Waals surface area contributed by atoms with E-state index in [4.69, 9.17) is 15.2 Å². The summed E-state index contributed by atoms with van der Waals surface area (Å²) in [6.45, 7) is 1.42. The first-order valence-corrected chi connectivity index (χ1v) is 9.07. The van der Waals surface area contributed by atoms with E-state index in [1.54, 1.807) is 19.2 Å². The Bertz CT molecular complexity index is 645. The summed E-state index contributed by atoms with van der Waals surface area (Å²) in [5.74, 6) is 1.26. The summed E-state index contributed by atoms with van der Waals surface area (Å²) in [6.07, 6.45) is 2.00. The van der Waals surface area contributed by atoms with E-state index < -0.39 is 9.84 Å². The van der Waals surface area contributed by atoms with Crippen molar-refractivity contribution in [2.45, 2.75) is 17.4 Å². The monoisotopic (exact) mass is 328 g/mol. The predicted molar refractivity (Wildman–Crippen MR) is 85.2 cm³/mol. The van der Waals surface area contributed by atoms with E-state index >= 15 is 0 Å². The van der Waals surface area contributed by atoms with Crippen molar-refractivity contribution >= 4 is 9.84 Å². The zero-order chi connectivity index (χ0) is 16.5. The second-order valence-corrected chi connectivity index (χ2v) is 7.73. The number of sulfone groups is 1. The Balaban J connectivity index is 2.67. The van der Waals surface area contributed by atoms with Crippen LogP contribution >= 0.6 is 0 Å². The minimum absolute atomic E-state index is 0.0525. The van der Waals surface area contributed by atoms with Crippen LogP contribution in [0.25, 0.3) is 0 Å². The van der Waals surface area contributed by atoms with Gasteiger partial charge in [0.2, 0.25) is 0 Å². The Morgan fingerprint density at radius 2 is 1.86 bits per heavy atom. The maximum absolute atomic E-state index is 12.3. The summed E-state index contributed by atoms with van der Waals surface area (Å²) in [5.41, 5.74) is 6.46. The van der Waals surface area contributed by atoms with Gasteiger partial charge in [0, 0.05) is 24.4 Å². The van der Waals surface area contributed by atoms with Crippen molar-refractivity contribution in [3.8, 4) is 11.5 Å². The number of hydrogen-bond donors (Lipinski definition) is 1. The molecule has 0 amide bonds. The lowest BCUT2D eigenvalue weighted by Gasteiger charge is -2.25. The van der Waals surface area contributed by atoms with Gasteiger partial charge in [-0.05, 0) is 38.1 Å². The first-order chi connectivity index (χ1) is 10.3. The SMILES string of the molecule is COc1ccc(OC)c(S(C)(=O)=O)c1C1CC(CN)CN1C. The molecule has 6 nitrogen and oxygen atoms in total. The number of benzene rings is 1. The van der Waals surface area contributed by atoms with Crippen LogP contribution in [0.15, 0.2) is 17.0 Å². The summed E-state index contributed by atoms with van der Waals surface area (Å²) in [4.78, 5) is 2.34. The molecule has 2 rings (SSSR count). The average Bonchev–Trinajstić information content (AvgIpc) is 2.85. The number of ether oxygens (including phenoxy) is 2. The van der Waals surface area contributed by atoms with Gasteiger partial charge in [-0.3, -0.25) is 4.90 Å². The molecule has 0 bridgehead atoms. The van der Waals surface area contributed by atoms with E-state index in [1.807, 2.05) is 7.05 Å². The molecule has 0 saturated carbocycles. The van der Waals surface area contributed by atoms with E-state index in [9.17, 15) is 8.42 Å². The molecule has 1 fully saturated rings. The Kier molecular flexibility index (Phi) is 4.99. The predicted octanol–water partition coefficient (Wildman–Crippen LogP) is 1.06. The molecule has 0 spiro atoms. The Labute approximate surface area is 132 Å². The number of nitrogens with two attached hydrogens (primary N) is 1. The lowest BCUT2D eigenvalue weighted by Crippen LogP contribution is -2.22. The van der Waals surface area contributed by atoms with E-state index in [0.717, 1.165) is 13.0 Å². The minimum Gasteiger partial charge on any atom is -0.496 e. The normalized spacial score (nSPS) is 22.8. The fraction of sp³-hybridized carbons (Fsp3) is 0.600. The Morgan fingerprint density at radius 3 is 2.32 bits per heavy atom. The maximum Gasteiger partial charge on any atom is 0.179 e. The third kappa shape index (κ3) is 3.06. The van der Waals surface area contributed by atoms with E-state index in [2.05, 4.69) is 4.90 Å². The van der Waals surface area contributed by atoms with Gasteiger partial charge in [-0.25, -0.2) is 8.42 Å². The summed E-state index contributed by atoms with van der Waals surface area (Å²) in [5, 5.41) is 0. The van der Waals surface area contributed by atoms with Crippen LogP contribution < -0.4 is 15.2 Å². The van der Waals surface area contributed by atoms with Crippen LogP contribution in [-0.4, -0.2) is 53.9 Å². The molecule has 1 saturated heterocycles. The van der Waals surface area contributed by atoms with Crippen LogP contribution in [0.3, 0.4) is 0 Å². The molecule has 2 N–H and O–H groups in total.